The van der Waals surface area contributed by atoms with Crippen molar-refractivity contribution in [3.8, 4) is 5.75 Å². The third-order valence-corrected chi connectivity index (χ3v) is 3.54. The van der Waals surface area contributed by atoms with Crippen molar-refractivity contribution in [1.82, 2.24) is 0 Å². The highest BCUT2D eigenvalue weighted by molar-refractivity contribution is 6.70. The second-order valence-electron chi connectivity index (χ2n) is 4.26. The van der Waals surface area contributed by atoms with E-state index in [0.29, 0.717) is 5.17 Å². The van der Waals surface area contributed by atoms with E-state index >= 15 is 0 Å². The molecular weight excluding hydrogens is 210 g/mol. The van der Waals surface area contributed by atoms with Crippen LogP contribution in [-0.4, -0.2) is 16.8 Å². The van der Waals surface area contributed by atoms with Gasteiger partial charge in [0.05, 0.1) is 11.1 Å². The van der Waals surface area contributed by atoms with Crippen molar-refractivity contribution in [2.75, 3.05) is 0 Å². The first-order valence-electron chi connectivity index (χ1n) is 5.23. The van der Waals surface area contributed by atoms with Crippen LogP contribution in [0.1, 0.15) is 25.3 Å². The molecule has 1 fully saturated rings. The predicted octanol–water partition coefficient (Wildman–Crippen LogP) is 2.99. The third kappa shape index (κ3) is 1.36. The molecule has 1 aliphatic heterocycles. The van der Waals surface area contributed by atoms with Gasteiger partial charge in [-0.25, -0.2) is 0 Å². The van der Waals surface area contributed by atoms with Crippen LogP contribution in [0.3, 0.4) is 0 Å². The number of rotatable bonds is 0. The van der Waals surface area contributed by atoms with Gasteiger partial charge in [-0.15, -0.1) is 0 Å². The fraction of sp³-hybridized carbons (Fsp3) is 0.417. The maximum absolute atomic E-state index is 6.21. The van der Waals surface area contributed by atoms with Gasteiger partial charge < -0.3 is 4.74 Å². The zero-order valence-corrected chi connectivity index (χ0v) is 9.29. The molecule has 1 aromatic rings. The zero-order chi connectivity index (χ0) is 10.5. The second kappa shape index (κ2) is 2.99. The molecule has 3 rings (SSSR count). The van der Waals surface area contributed by atoms with Gasteiger partial charge in [0.15, 0.2) is 0 Å². The number of fused-ring (bicyclic) bond motifs is 1. The highest BCUT2D eigenvalue weighted by Gasteiger charge is 2.50. The Hall–Kier alpha value is -1.02. The van der Waals surface area contributed by atoms with E-state index in [1.807, 2.05) is 24.3 Å². The normalized spacial score (nSPS) is 26.3. The van der Waals surface area contributed by atoms with Crippen molar-refractivity contribution in [1.29, 1.82) is 0 Å². The quantitative estimate of drug-likeness (QED) is 0.660. The standard InChI is InChI=1S/C12H12ClNO/c1-8-12(6-7-12)14-11(13)9-4-2-3-5-10(9)15-8/h2-5,8H,6-7H2,1H3. The molecule has 1 unspecified atom stereocenters. The van der Waals surface area contributed by atoms with E-state index in [1.54, 1.807) is 0 Å². The summed E-state index contributed by atoms with van der Waals surface area (Å²) >= 11 is 6.21. The largest absolute Gasteiger partial charge is 0.487 e. The summed E-state index contributed by atoms with van der Waals surface area (Å²) in [5.41, 5.74) is 0.866. The highest BCUT2D eigenvalue weighted by Crippen LogP contribution is 2.47. The lowest BCUT2D eigenvalue weighted by Crippen LogP contribution is -2.28. The number of hydrogen-bond donors (Lipinski definition) is 0. The molecule has 0 N–H and O–H groups in total. The Kier molecular flexibility index (Phi) is 1.84. The molecule has 2 aliphatic rings. The summed E-state index contributed by atoms with van der Waals surface area (Å²) in [6, 6.07) is 7.82. The second-order valence-corrected chi connectivity index (χ2v) is 4.62. The van der Waals surface area contributed by atoms with Gasteiger partial charge in [0.2, 0.25) is 0 Å². The maximum atomic E-state index is 6.21. The molecule has 3 heteroatoms. The van der Waals surface area contributed by atoms with E-state index < -0.39 is 0 Å². The SMILES string of the molecule is CC1Oc2ccccc2C(Cl)=NC12CC2. The number of aliphatic imine (C=N–C) groups is 1. The molecule has 1 atom stereocenters. The molecule has 1 spiro atoms. The number of halogens is 1. The van der Waals surface area contributed by atoms with Gasteiger partial charge in [0.25, 0.3) is 0 Å². The van der Waals surface area contributed by atoms with E-state index in [0.717, 1.165) is 24.2 Å². The Labute approximate surface area is 93.9 Å². The lowest BCUT2D eigenvalue weighted by atomic mass is 10.1. The number of benzene rings is 1. The van der Waals surface area contributed by atoms with Gasteiger partial charge in [0, 0.05) is 0 Å². The van der Waals surface area contributed by atoms with Crippen molar-refractivity contribution in [2.45, 2.75) is 31.4 Å². The fourth-order valence-corrected chi connectivity index (χ4v) is 2.36. The Morgan fingerprint density at radius 1 is 1.40 bits per heavy atom. The summed E-state index contributed by atoms with van der Waals surface area (Å²) in [6.45, 7) is 2.07. The van der Waals surface area contributed by atoms with Crippen LogP contribution in [0.15, 0.2) is 29.3 Å². The Bertz CT molecular complexity index is 437. The van der Waals surface area contributed by atoms with Crippen LogP contribution in [0.5, 0.6) is 5.75 Å². The third-order valence-electron chi connectivity index (χ3n) is 3.25. The molecule has 15 heavy (non-hydrogen) atoms. The smallest absolute Gasteiger partial charge is 0.135 e. The molecule has 1 saturated carbocycles. The summed E-state index contributed by atoms with van der Waals surface area (Å²) in [5, 5.41) is 0.590. The zero-order valence-electron chi connectivity index (χ0n) is 8.53. The summed E-state index contributed by atoms with van der Waals surface area (Å²) in [4.78, 5) is 4.60. The minimum absolute atomic E-state index is 0.0455. The van der Waals surface area contributed by atoms with Crippen molar-refractivity contribution in [2.24, 2.45) is 4.99 Å². The lowest BCUT2D eigenvalue weighted by molar-refractivity contribution is 0.183. The van der Waals surface area contributed by atoms with Gasteiger partial charge in [0.1, 0.15) is 17.0 Å². The van der Waals surface area contributed by atoms with E-state index in [2.05, 4.69) is 11.9 Å². The summed E-state index contributed by atoms with van der Waals surface area (Å²) in [7, 11) is 0. The highest BCUT2D eigenvalue weighted by atomic mass is 35.5. The van der Waals surface area contributed by atoms with Gasteiger partial charge >= 0.3 is 0 Å². The van der Waals surface area contributed by atoms with Crippen LogP contribution < -0.4 is 4.74 Å². The molecule has 0 bridgehead atoms. The van der Waals surface area contributed by atoms with E-state index in [9.17, 15) is 0 Å². The molecule has 1 heterocycles. The van der Waals surface area contributed by atoms with Gasteiger partial charge in [-0.2, -0.15) is 0 Å². The van der Waals surface area contributed by atoms with Crippen molar-refractivity contribution in [3.63, 3.8) is 0 Å². The number of hydrogen-bond acceptors (Lipinski definition) is 2. The average molecular weight is 222 g/mol. The van der Waals surface area contributed by atoms with Gasteiger partial charge in [-0.05, 0) is 31.9 Å². The molecule has 2 nitrogen and oxygen atoms in total. The minimum atomic E-state index is -0.0455. The first kappa shape index (κ1) is 9.22. The molecule has 1 aliphatic carbocycles. The first-order valence-corrected chi connectivity index (χ1v) is 5.60. The van der Waals surface area contributed by atoms with Crippen LogP contribution in [0, 0.1) is 0 Å². The molecule has 78 valence electrons. The molecule has 1 aromatic carbocycles. The van der Waals surface area contributed by atoms with Gasteiger partial charge in [-0.3, -0.25) is 4.99 Å². The Morgan fingerprint density at radius 2 is 2.13 bits per heavy atom. The monoisotopic (exact) mass is 221 g/mol. The van der Waals surface area contributed by atoms with Crippen molar-refractivity contribution >= 4 is 16.8 Å². The molecule has 0 radical (unpaired) electrons. The van der Waals surface area contributed by atoms with E-state index in [-0.39, 0.29) is 11.6 Å². The topological polar surface area (TPSA) is 21.6 Å². The van der Waals surface area contributed by atoms with E-state index in [1.165, 1.54) is 0 Å². The minimum Gasteiger partial charge on any atom is -0.487 e. The molecule has 0 saturated heterocycles. The molecule has 0 aromatic heterocycles. The van der Waals surface area contributed by atoms with Crippen molar-refractivity contribution < 1.29 is 4.74 Å². The van der Waals surface area contributed by atoms with Gasteiger partial charge in [-0.1, -0.05) is 23.7 Å². The first-order chi connectivity index (χ1) is 7.21. The summed E-state index contributed by atoms with van der Waals surface area (Å²) in [5.74, 6) is 0.850. The molecular formula is C12H12ClNO. The number of para-hydroxylation sites is 1. The van der Waals surface area contributed by atoms with Crippen LogP contribution in [0.2, 0.25) is 0 Å². The maximum Gasteiger partial charge on any atom is 0.135 e. The number of nitrogens with zero attached hydrogens (tertiary/aromatic N) is 1. The van der Waals surface area contributed by atoms with E-state index in [4.69, 9.17) is 16.3 Å². The average Bonchev–Trinajstić information content (AvgIpc) is 2.99. The number of ether oxygens (including phenoxy) is 1. The van der Waals surface area contributed by atoms with Crippen LogP contribution in [-0.2, 0) is 0 Å². The summed E-state index contributed by atoms with van der Waals surface area (Å²) < 4.78 is 5.91. The summed E-state index contributed by atoms with van der Waals surface area (Å²) in [6.07, 6.45) is 2.28. The lowest BCUT2D eigenvalue weighted by Gasteiger charge is -2.18. The predicted molar refractivity (Wildman–Crippen MR) is 60.9 cm³/mol. The molecule has 0 amide bonds. The van der Waals surface area contributed by atoms with Crippen LogP contribution in [0.25, 0.3) is 0 Å². The Balaban J connectivity index is 2.13. The van der Waals surface area contributed by atoms with Crippen molar-refractivity contribution in [3.05, 3.63) is 29.8 Å². The fourth-order valence-electron chi connectivity index (χ4n) is 2.03. The van der Waals surface area contributed by atoms with Crippen LogP contribution >= 0.6 is 11.6 Å². The Morgan fingerprint density at radius 3 is 2.87 bits per heavy atom. The van der Waals surface area contributed by atoms with Crippen LogP contribution in [0.4, 0.5) is 0 Å².